The lowest BCUT2D eigenvalue weighted by Gasteiger charge is -2.27. The van der Waals surface area contributed by atoms with Crippen LogP contribution >= 0.6 is 0 Å². The van der Waals surface area contributed by atoms with Gasteiger partial charge >= 0.3 is 6.18 Å². The minimum Gasteiger partial charge on any atom is -0.438 e. The lowest BCUT2D eigenvalue weighted by molar-refractivity contribution is -0.138. The molecule has 5 nitrogen and oxygen atoms in total. The third-order valence-electron chi connectivity index (χ3n) is 5.41. The van der Waals surface area contributed by atoms with Gasteiger partial charge in [0.05, 0.1) is 24.3 Å². The van der Waals surface area contributed by atoms with Crippen molar-refractivity contribution in [3.05, 3.63) is 94.7 Å². The molecule has 0 saturated heterocycles. The van der Waals surface area contributed by atoms with Gasteiger partial charge in [-0.15, -0.1) is 0 Å². The van der Waals surface area contributed by atoms with Crippen LogP contribution in [0.4, 0.5) is 27.6 Å². The summed E-state index contributed by atoms with van der Waals surface area (Å²) in [7, 11) is 0. The van der Waals surface area contributed by atoms with E-state index < -0.39 is 29.3 Å². The first-order valence-corrected chi connectivity index (χ1v) is 10.5. The molecule has 3 aromatic rings. The Kier molecular flexibility index (Phi) is 6.69. The molecule has 0 bridgehead atoms. The van der Waals surface area contributed by atoms with Gasteiger partial charge in [-0.2, -0.15) is 13.2 Å². The first kappa shape index (κ1) is 24.8. The first-order chi connectivity index (χ1) is 17.1. The summed E-state index contributed by atoms with van der Waals surface area (Å²) in [6.45, 7) is 5.48. The van der Waals surface area contributed by atoms with Crippen LogP contribution in [0.2, 0.25) is 0 Å². The molecule has 1 aliphatic rings. The maximum absolute atomic E-state index is 14.4. The van der Waals surface area contributed by atoms with Crippen LogP contribution in [-0.2, 0) is 17.5 Å². The molecule has 0 unspecified atom stereocenters. The van der Waals surface area contributed by atoms with Gasteiger partial charge in [-0.1, -0.05) is 12.7 Å². The van der Waals surface area contributed by atoms with E-state index in [9.17, 15) is 26.7 Å². The highest BCUT2D eigenvalue weighted by molar-refractivity contribution is 5.94. The molecule has 184 valence electrons. The summed E-state index contributed by atoms with van der Waals surface area (Å²) in [5.74, 6) is -2.01. The highest BCUT2D eigenvalue weighted by Gasteiger charge is 2.36. The number of pyridine rings is 1. The molecular weight excluding hydrogens is 481 g/mol. The molecule has 2 aromatic carbocycles. The largest absolute Gasteiger partial charge is 0.438 e. The topological polar surface area (TPSA) is 54.8 Å². The Morgan fingerprint density at radius 3 is 2.61 bits per heavy atom. The van der Waals surface area contributed by atoms with Gasteiger partial charge in [0.2, 0.25) is 5.88 Å². The quantitative estimate of drug-likeness (QED) is 0.215. The Hall–Kier alpha value is -4.34. The Bertz CT molecular complexity index is 1390. The Labute approximate surface area is 202 Å². The van der Waals surface area contributed by atoms with Gasteiger partial charge in [-0.3, -0.25) is 4.79 Å². The predicted octanol–water partition coefficient (Wildman–Crippen LogP) is 6.71. The van der Waals surface area contributed by atoms with E-state index in [1.807, 2.05) is 0 Å². The number of carbonyl (C=O) groups excluding carboxylic acids is 1. The van der Waals surface area contributed by atoms with Crippen LogP contribution in [-0.4, -0.2) is 17.6 Å². The molecule has 0 N–H and O–H groups in total. The number of fused-ring (bicyclic) bond motifs is 1. The van der Waals surface area contributed by atoms with Crippen LogP contribution in [0.1, 0.15) is 27.8 Å². The minimum atomic E-state index is -4.76. The van der Waals surface area contributed by atoms with Crippen LogP contribution in [0.25, 0.3) is 11.8 Å². The molecular formula is C26H18F5N3O2. The van der Waals surface area contributed by atoms with Crippen molar-refractivity contribution in [2.24, 2.45) is 4.99 Å². The Balaban J connectivity index is 1.66. The van der Waals surface area contributed by atoms with Crippen LogP contribution in [0, 0.1) is 18.6 Å². The zero-order valence-corrected chi connectivity index (χ0v) is 18.8. The number of carbonyl (C=O) groups is 1. The number of ether oxygens (including phenoxy) is 1. The van der Waals surface area contributed by atoms with E-state index in [2.05, 4.69) is 16.6 Å². The van der Waals surface area contributed by atoms with Gasteiger partial charge < -0.3 is 9.64 Å². The van der Waals surface area contributed by atoms with E-state index in [-0.39, 0.29) is 23.4 Å². The van der Waals surface area contributed by atoms with Crippen molar-refractivity contribution >= 4 is 30.1 Å². The standard InChI is InChI=1S/C26H18F5N3O2/c1-15-8-18(27)10-23(28)21(15)13-34-14-33-16(2)20-11-19(5-6-24(20)34)36-25-22(26(29,30)31)9-17(12-32-25)4-3-7-35/h3-12,14H,2,13H2,1H3/b4-3+. The number of anilines is 1. The zero-order chi connectivity index (χ0) is 26.0. The summed E-state index contributed by atoms with van der Waals surface area (Å²) < 4.78 is 74.2. The molecule has 0 fully saturated rings. The normalized spacial score (nSPS) is 13.3. The fraction of sp³-hybridized carbons (Fsp3) is 0.115. The van der Waals surface area contributed by atoms with Crippen molar-refractivity contribution < 1.29 is 31.5 Å². The van der Waals surface area contributed by atoms with Crippen LogP contribution in [0.5, 0.6) is 11.6 Å². The second-order valence-corrected chi connectivity index (χ2v) is 7.90. The van der Waals surface area contributed by atoms with E-state index in [4.69, 9.17) is 4.74 Å². The molecule has 1 aliphatic heterocycles. The average Bonchev–Trinajstić information content (AvgIpc) is 2.81. The number of hydrogen-bond acceptors (Lipinski definition) is 5. The van der Waals surface area contributed by atoms with E-state index in [0.717, 1.165) is 24.4 Å². The molecule has 1 aromatic heterocycles. The van der Waals surface area contributed by atoms with Crippen molar-refractivity contribution in [2.75, 3.05) is 4.90 Å². The molecule has 0 amide bonds. The number of allylic oxidation sites excluding steroid dienone is 1. The second-order valence-electron chi connectivity index (χ2n) is 7.90. The van der Waals surface area contributed by atoms with Crippen LogP contribution in [0.15, 0.2) is 60.2 Å². The molecule has 0 aliphatic carbocycles. The van der Waals surface area contributed by atoms with Gasteiger partial charge in [0.25, 0.3) is 0 Å². The number of nitrogens with zero attached hydrogens (tertiary/aromatic N) is 3. The maximum Gasteiger partial charge on any atom is 0.421 e. The second kappa shape index (κ2) is 9.73. The lowest BCUT2D eigenvalue weighted by atomic mass is 10.0. The predicted molar refractivity (Wildman–Crippen MR) is 126 cm³/mol. The van der Waals surface area contributed by atoms with Gasteiger partial charge in [-0.25, -0.2) is 18.8 Å². The molecule has 36 heavy (non-hydrogen) atoms. The van der Waals surface area contributed by atoms with E-state index in [1.165, 1.54) is 30.6 Å². The Morgan fingerprint density at radius 1 is 1.14 bits per heavy atom. The fourth-order valence-corrected chi connectivity index (χ4v) is 3.67. The monoisotopic (exact) mass is 499 g/mol. The molecule has 0 radical (unpaired) electrons. The van der Waals surface area contributed by atoms with Gasteiger partial charge in [0.1, 0.15) is 29.2 Å². The number of aliphatic imine (C=N–C) groups is 1. The number of aromatic nitrogens is 1. The number of rotatable bonds is 6. The summed E-state index contributed by atoms with van der Waals surface area (Å²) in [5.41, 5.74) is 0.982. The average molecular weight is 499 g/mol. The third kappa shape index (κ3) is 5.17. The summed E-state index contributed by atoms with van der Waals surface area (Å²) in [5, 5.41) is 0. The highest BCUT2D eigenvalue weighted by atomic mass is 19.4. The van der Waals surface area contributed by atoms with Crippen molar-refractivity contribution in [1.29, 1.82) is 0 Å². The maximum atomic E-state index is 14.4. The van der Waals surface area contributed by atoms with Crippen molar-refractivity contribution in [1.82, 2.24) is 4.98 Å². The number of halogens is 5. The van der Waals surface area contributed by atoms with Crippen molar-refractivity contribution in [3.8, 4) is 11.6 Å². The number of alkyl halides is 3. The summed E-state index contributed by atoms with van der Waals surface area (Å²) in [6, 6.07) is 7.32. The molecule has 0 spiro atoms. The number of aldehydes is 1. The smallest absolute Gasteiger partial charge is 0.421 e. The number of hydrogen-bond donors (Lipinski definition) is 0. The number of benzene rings is 2. The highest BCUT2D eigenvalue weighted by Crippen LogP contribution is 2.40. The van der Waals surface area contributed by atoms with E-state index in [1.54, 1.807) is 17.9 Å². The SMILES string of the molecule is C=C1N=CN(Cc2c(C)cc(F)cc2F)c2ccc(Oc3ncc(/C=C/C=O)cc3C(F)(F)F)cc21. The first-order valence-electron chi connectivity index (χ1n) is 10.5. The minimum absolute atomic E-state index is 0.0392. The van der Waals surface area contributed by atoms with Gasteiger partial charge in [-0.05, 0) is 54.5 Å². The molecule has 0 atom stereocenters. The summed E-state index contributed by atoms with van der Waals surface area (Å²) >= 11 is 0. The van der Waals surface area contributed by atoms with Crippen LogP contribution in [0.3, 0.4) is 0 Å². The van der Waals surface area contributed by atoms with Crippen LogP contribution < -0.4 is 9.64 Å². The van der Waals surface area contributed by atoms with Gasteiger partial charge in [0, 0.05) is 23.4 Å². The molecule has 0 saturated carbocycles. The van der Waals surface area contributed by atoms with Crippen molar-refractivity contribution in [2.45, 2.75) is 19.6 Å². The molecule has 4 rings (SSSR count). The lowest BCUT2D eigenvalue weighted by Crippen LogP contribution is -2.25. The molecule has 10 heteroatoms. The molecule has 2 heterocycles. The van der Waals surface area contributed by atoms with Crippen molar-refractivity contribution in [3.63, 3.8) is 0 Å². The number of aryl methyl sites for hydroxylation is 1. The van der Waals surface area contributed by atoms with Gasteiger partial charge in [0.15, 0.2) is 0 Å². The fourth-order valence-electron chi connectivity index (χ4n) is 3.67. The van der Waals surface area contributed by atoms with E-state index in [0.29, 0.717) is 28.8 Å². The third-order valence-corrected chi connectivity index (χ3v) is 5.41. The van der Waals surface area contributed by atoms with E-state index >= 15 is 0 Å². The summed E-state index contributed by atoms with van der Waals surface area (Å²) in [4.78, 5) is 20.1. The Morgan fingerprint density at radius 2 is 1.92 bits per heavy atom. The summed E-state index contributed by atoms with van der Waals surface area (Å²) in [6.07, 6.45) is 0.521. The zero-order valence-electron chi connectivity index (χ0n) is 18.8.